The smallest absolute Gasteiger partial charge is 0.0587 e. The number of aliphatic hydroxyl groups excluding tert-OH is 1. The number of rotatable bonds is 6. The molecular weight excluding hydrogens is 224 g/mol. The highest BCUT2D eigenvalue weighted by Gasteiger charge is 2.14. The van der Waals surface area contributed by atoms with Crippen molar-refractivity contribution >= 4 is 0 Å². The zero-order valence-corrected chi connectivity index (χ0v) is 10.9. The molecule has 0 spiro atoms. The summed E-state index contributed by atoms with van der Waals surface area (Å²) < 4.78 is 0. The molecule has 1 aliphatic rings. The second-order valence-electron chi connectivity index (χ2n) is 5.12. The molecule has 0 bridgehead atoms. The van der Waals surface area contributed by atoms with Crippen LogP contribution < -0.4 is 10.6 Å². The highest BCUT2D eigenvalue weighted by Crippen LogP contribution is 2.07. The predicted molar refractivity (Wildman–Crippen MR) is 74.7 cm³/mol. The van der Waals surface area contributed by atoms with Crippen LogP contribution in [0.4, 0.5) is 0 Å². The van der Waals surface area contributed by atoms with Crippen molar-refractivity contribution in [2.24, 2.45) is 0 Å². The average Bonchev–Trinajstić information content (AvgIpc) is 2.45. The van der Waals surface area contributed by atoms with Gasteiger partial charge in [0, 0.05) is 18.6 Å². The Morgan fingerprint density at radius 1 is 1.28 bits per heavy atom. The minimum atomic E-state index is 0.163. The van der Waals surface area contributed by atoms with Crippen molar-refractivity contribution in [1.82, 2.24) is 10.6 Å². The topological polar surface area (TPSA) is 44.3 Å². The standard InChI is InChI=1S/C15H24N2O/c18-12-15(10-13-6-2-1-3-7-13)17-11-14-8-4-5-9-16-14/h1-3,6-7,14-18H,4-5,8-12H2. The van der Waals surface area contributed by atoms with Crippen molar-refractivity contribution in [1.29, 1.82) is 0 Å². The Hall–Kier alpha value is -0.900. The quantitative estimate of drug-likeness (QED) is 0.711. The first-order chi connectivity index (χ1) is 8.88. The molecule has 1 aromatic rings. The van der Waals surface area contributed by atoms with Crippen molar-refractivity contribution in [2.45, 2.75) is 37.8 Å². The van der Waals surface area contributed by atoms with Crippen molar-refractivity contribution in [3.05, 3.63) is 35.9 Å². The van der Waals surface area contributed by atoms with Crippen molar-refractivity contribution in [3.8, 4) is 0 Å². The van der Waals surface area contributed by atoms with Gasteiger partial charge in [0.2, 0.25) is 0 Å². The molecule has 0 radical (unpaired) electrons. The number of benzene rings is 1. The first kappa shape index (κ1) is 13.5. The molecule has 1 saturated heterocycles. The number of hydrogen-bond acceptors (Lipinski definition) is 3. The molecule has 2 atom stereocenters. The first-order valence-corrected chi connectivity index (χ1v) is 7.00. The number of aliphatic hydroxyl groups is 1. The molecule has 18 heavy (non-hydrogen) atoms. The van der Waals surface area contributed by atoms with Gasteiger partial charge in [-0.1, -0.05) is 36.8 Å². The van der Waals surface area contributed by atoms with E-state index in [4.69, 9.17) is 0 Å². The number of hydrogen-bond donors (Lipinski definition) is 3. The van der Waals surface area contributed by atoms with Crippen LogP contribution in [-0.2, 0) is 6.42 Å². The highest BCUT2D eigenvalue weighted by atomic mass is 16.3. The van der Waals surface area contributed by atoms with E-state index in [9.17, 15) is 5.11 Å². The largest absolute Gasteiger partial charge is 0.395 e. The van der Waals surface area contributed by atoms with E-state index in [1.54, 1.807) is 0 Å². The van der Waals surface area contributed by atoms with Crippen molar-refractivity contribution < 1.29 is 5.11 Å². The van der Waals surface area contributed by atoms with E-state index in [1.807, 2.05) is 18.2 Å². The Morgan fingerprint density at radius 3 is 2.78 bits per heavy atom. The van der Waals surface area contributed by atoms with Crippen LogP contribution in [0.25, 0.3) is 0 Å². The Morgan fingerprint density at radius 2 is 2.11 bits per heavy atom. The molecule has 0 aromatic heterocycles. The van der Waals surface area contributed by atoms with Crippen molar-refractivity contribution in [3.63, 3.8) is 0 Å². The van der Waals surface area contributed by atoms with E-state index in [0.717, 1.165) is 19.5 Å². The molecule has 100 valence electrons. The van der Waals surface area contributed by atoms with Crippen LogP contribution in [0.3, 0.4) is 0 Å². The fourth-order valence-electron chi connectivity index (χ4n) is 2.51. The molecule has 0 aliphatic carbocycles. The highest BCUT2D eigenvalue weighted by molar-refractivity contribution is 5.15. The molecule has 1 fully saturated rings. The molecule has 3 heteroatoms. The summed E-state index contributed by atoms with van der Waals surface area (Å²) in [4.78, 5) is 0. The lowest BCUT2D eigenvalue weighted by Gasteiger charge is -2.26. The van der Waals surface area contributed by atoms with Crippen LogP contribution in [-0.4, -0.2) is 36.9 Å². The summed E-state index contributed by atoms with van der Waals surface area (Å²) in [5, 5.41) is 16.4. The van der Waals surface area contributed by atoms with Gasteiger partial charge in [-0.25, -0.2) is 0 Å². The number of nitrogens with one attached hydrogen (secondary N) is 2. The van der Waals surface area contributed by atoms with E-state index < -0.39 is 0 Å². The lowest BCUT2D eigenvalue weighted by molar-refractivity contribution is 0.234. The first-order valence-electron chi connectivity index (χ1n) is 7.00. The fraction of sp³-hybridized carbons (Fsp3) is 0.600. The molecule has 3 nitrogen and oxygen atoms in total. The zero-order valence-electron chi connectivity index (χ0n) is 10.9. The lowest BCUT2D eigenvalue weighted by Crippen LogP contribution is -2.46. The molecule has 0 amide bonds. The van der Waals surface area contributed by atoms with Crippen LogP contribution in [0.5, 0.6) is 0 Å². The summed E-state index contributed by atoms with van der Waals surface area (Å²) in [6.07, 6.45) is 4.76. The van der Waals surface area contributed by atoms with Gasteiger partial charge in [-0.15, -0.1) is 0 Å². The van der Waals surface area contributed by atoms with Gasteiger partial charge in [-0.3, -0.25) is 0 Å². The van der Waals surface area contributed by atoms with Crippen LogP contribution in [0, 0.1) is 0 Å². The minimum Gasteiger partial charge on any atom is -0.395 e. The Balaban J connectivity index is 1.75. The third-order valence-electron chi connectivity index (χ3n) is 3.61. The Labute approximate surface area is 110 Å². The predicted octanol–water partition coefficient (Wildman–Crippen LogP) is 1.32. The van der Waals surface area contributed by atoms with Gasteiger partial charge in [-0.05, 0) is 31.4 Å². The maximum absolute atomic E-state index is 9.43. The van der Waals surface area contributed by atoms with Crippen LogP contribution >= 0.6 is 0 Å². The zero-order chi connectivity index (χ0) is 12.6. The minimum absolute atomic E-state index is 0.163. The van der Waals surface area contributed by atoms with Gasteiger partial charge in [0.1, 0.15) is 0 Å². The third kappa shape index (κ3) is 4.41. The van der Waals surface area contributed by atoms with E-state index in [0.29, 0.717) is 6.04 Å². The number of piperidine rings is 1. The van der Waals surface area contributed by atoms with Crippen LogP contribution in [0.15, 0.2) is 30.3 Å². The second-order valence-corrected chi connectivity index (χ2v) is 5.12. The molecule has 1 heterocycles. The van der Waals surface area contributed by atoms with Gasteiger partial charge in [0.15, 0.2) is 0 Å². The molecule has 1 aromatic carbocycles. The maximum Gasteiger partial charge on any atom is 0.0587 e. The lowest BCUT2D eigenvalue weighted by atomic mass is 10.0. The Bertz CT molecular complexity index is 323. The summed E-state index contributed by atoms with van der Waals surface area (Å²) in [6, 6.07) is 11.1. The van der Waals surface area contributed by atoms with E-state index in [2.05, 4.69) is 22.8 Å². The molecule has 3 N–H and O–H groups in total. The molecule has 1 aliphatic heterocycles. The van der Waals surface area contributed by atoms with Gasteiger partial charge in [0.25, 0.3) is 0 Å². The van der Waals surface area contributed by atoms with Crippen molar-refractivity contribution in [2.75, 3.05) is 19.7 Å². The van der Waals surface area contributed by atoms with Crippen LogP contribution in [0.2, 0.25) is 0 Å². The molecular formula is C15H24N2O. The third-order valence-corrected chi connectivity index (χ3v) is 3.61. The fourth-order valence-corrected chi connectivity index (χ4v) is 2.51. The van der Waals surface area contributed by atoms with Crippen LogP contribution in [0.1, 0.15) is 24.8 Å². The monoisotopic (exact) mass is 248 g/mol. The SMILES string of the molecule is OCC(Cc1ccccc1)NCC1CCCCN1. The average molecular weight is 248 g/mol. The maximum atomic E-state index is 9.43. The normalized spacial score (nSPS) is 21.7. The summed E-state index contributed by atoms with van der Waals surface area (Å²) in [5.74, 6) is 0. The summed E-state index contributed by atoms with van der Waals surface area (Å²) in [7, 11) is 0. The van der Waals surface area contributed by atoms with E-state index in [1.165, 1.54) is 24.8 Å². The van der Waals surface area contributed by atoms with E-state index in [-0.39, 0.29) is 12.6 Å². The summed E-state index contributed by atoms with van der Waals surface area (Å²) in [5.41, 5.74) is 1.28. The van der Waals surface area contributed by atoms with Gasteiger partial charge in [-0.2, -0.15) is 0 Å². The molecule has 2 unspecified atom stereocenters. The summed E-state index contributed by atoms with van der Waals surface area (Å²) >= 11 is 0. The Kier molecular flexibility index (Phi) is 5.65. The molecule has 0 saturated carbocycles. The second kappa shape index (κ2) is 7.52. The molecule has 2 rings (SSSR count). The summed E-state index contributed by atoms with van der Waals surface area (Å²) in [6.45, 7) is 2.29. The van der Waals surface area contributed by atoms with Gasteiger partial charge < -0.3 is 15.7 Å². The van der Waals surface area contributed by atoms with E-state index >= 15 is 0 Å². The van der Waals surface area contributed by atoms with Gasteiger partial charge in [0.05, 0.1) is 6.61 Å². The van der Waals surface area contributed by atoms with Gasteiger partial charge >= 0.3 is 0 Å².